The summed E-state index contributed by atoms with van der Waals surface area (Å²) in [6, 6.07) is 72.3. The van der Waals surface area contributed by atoms with Crippen LogP contribution in [0, 0.1) is 0 Å². The Morgan fingerprint density at radius 1 is 0.364 bits per heavy atom. The number of hydrogen-bond acceptors (Lipinski definition) is 3. The number of benzene rings is 9. The molecule has 3 heteroatoms. The maximum atomic E-state index is 6.17. The van der Waals surface area contributed by atoms with Gasteiger partial charge in [-0.3, -0.25) is 0 Å². The molecule has 2 aromatic heterocycles. The predicted octanol–water partition coefficient (Wildman–Crippen LogP) is 15.6. The molecule has 0 N–H and O–H groups in total. The van der Waals surface area contributed by atoms with Crippen molar-refractivity contribution in [2.45, 2.75) is 0 Å². The highest BCUT2D eigenvalue weighted by atomic mass is 32.1. The van der Waals surface area contributed by atoms with E-state index >= 15 is 0 Å². The first-order valence-corrected chi connectivity index (χ1v) is 19.5. The summed E-state index contributed by atoms with van der Waals surface area (Å²) < 4.78 is 8.82. The van der Waals surface area contributed by atoms with E-state index < -0.39 is 0 Å². The number of nitrogens with zero attached hydrogens (tertiary/aromatic N) is 1. The summed E-state index contributed by atoms with van der Waals surface area (Å²) in [4.78, 5) is 2.39. The molecule has 0 bridgehead atoms. The van der Waals surface area contributed by atoms with Crippen LogP contribution >= 0.6 is 11.3 Å². The highest BCUT2D eigenvalue weighted by molar-refractivity contribution is 7.26. The number of rotatable bonds is 6. The zero-order chi connectivity index (χ0) is 36.3. The van der Waals surface area contributed by atoms with E-state index in [1.165, 1.54) is 64.3 Å². The van der Waals surface area contributed by atoms with Crippen LogP contribution < -0.4 is 4.90 Å². The fourth-order valence-corrected chi connectivity index (χ4v) is 9.41. The van der Waals surface area contributed by atoms with Gasteiger partial charge < -0.3 is 9.32 Å². The average molecular weight is 720 g/mol. The Kier molecular flexibility index (Phi) is 7.39. The van der Waals surface area contributed by atoms with Crippen molar-refractivity contribution < 1.29 is 4.42 Å². The number of thiophene rings is 1. The summed E-state index contributed by atoms with van der Waals surface area (Å²) in [6.07, 6.45) is 0. The van der Waals surface area contributed by atoms with Crippen LogP contribution in [0.1, 0.15) is 0 Å². The van der Waals surface area contributed by atoms with Crippen LogP contribution in [0.15, 0.2) is 205 Å². The number of fused-ring (bicyclic) bond motifs is 7. The molecule has 0 saturated heterocycles. The SMILES string of the molecule is c1ccc(-c2ccccc2N(c2ccc(-c3ccc4cc5oc6ccccc6c5cc4c3)cc2)c2ccc(-c3cccc4c3sc3ccccc34)cc2)cc1. The van der Waals surface area contributed by atoms with E-state index in [1.54, 1.807) is 0 Å². The number of para-hydroxylation sites is 2. The van der Waals surface area contributed by atoms with Gasteiger partial charge in [0.2, 0.25) is 0 Å². The summed E-state index contributed by atoms with van der Waals surface area (Å²) in [6.45, 7) is 0. The molecule has 9 aromatic carbocycles. The fourth-order valence-electron chi connectivity index (χ4n) is 8.17. The van der Waals surface area contributed by atoms with Gasteiger partial charge in [-0.1, -0.05) is 140 Å². The van der Waals surface area contributed by atoms with Crippen LogP contribution in [0.4, 0.5) is 17.1 Å². The van der Waals surface area contributed by atoms with Crippen LogP contribution in [-0.2, 0) is 0 Å². The van der Waals surface area contributed by atoms with Gasteiger partial charge in [0.05, 0.1) is 5.69 Å². The van der Waals surface area contributed by atoms with Gasteiger partial charge in [-0.05, 0) is 99.3 Å². The van der Waals surface area contributed by atoms with Gasteiger partial charge in [-0.15, -0.1) is 11.3 Å². The second-order valence-electron chi connectivity index (χ2n) is 14.1. The van der Waals surface area contributed by atoms with Crippen LogP contribution in [0.5, 0.6) is 0 Å². The molecule has 0 fully saturated rings. The third-order valence-electron chi connectivity index (χ3n) is 10.9. The molecule has 0 atom stereocenters. The van der Waals surface area contributed by atoms with Crippen LogP contribution in [0.25, 0.3) is 86.3 Å². The molecule has 2 nitrogen and oxygen atoms in total. The van der Waals surface area contributed by atoms with Gasteiger partial charge in [-0.25, -0.2) is 0 Å². The highest BCUT2D eigenvalue weighted by Gasteiger charge is 2.18. The van der Waals surface area contributed by atoms with Crippen molar-refractivity contribution in [2.24, 2.45) is 0 Å². The predicted molar refractivity (Wildman–Crippen MR) is 235 cm³/mol. The van der Waals surface area contributed by atoms with Crippen molar-refractivity contribution in [1.82, 2.24) is 0 Å². The van der Waals surface area contributed by atoms with Gasteiger partial charge in [0.1, 0.15) is 11.2 Å². The molecular weight excluding hydrogens is 687 g/mol. The van der Waals surface area contributed by atoms with Gasteiger partial charge in [0.15, 0.2) is 0 Å². The molecule has 0 unspecified atom stereocenters. The van der Waals surface area contributed by atoms with Crippen molar-refractivity contribution >= 4 is 81.3 Å². The second kappa shape index (κ2) is 12.9. The Hall–Kier alpha value is -6.94. The van der Waals surface area contributed by atoms with E-state index in [1.807, 2.05) is 23.5 Å². The van der Waals surface area contributed by atoms with Crippen molar-refractivity contribution in [3.8, 4) is 33.4 Å². The van der Waals surface area contributed by atoms with Gasteiger partial charge in [-0.2, -0.15) is 0 Å². The molecule has 0 aliphatic rings. The van der Waals surface area contributed by atoms with E-state index in [9.17, 15) is 0 Å². The quantitative estimate of drug-likeness (QED) is 0.170. The topological polar surface area (TPSA) is 16.4 Å². The molecule has 0 saturated carbocycles. The van der Waals surface area contributed by atoms with Crippen molar-refractivity contribution in [3.63, 3.8) is 0 Å². The first-order chi connectivity index (χ1) is 27.2. The Morgan fingerprint density at radius 3 is 1.84 bits per heavy atom. The van der Waals surface area contributed by atoms with Crippen LogP contribution in [0.2, 0.25) is 0 Å². The van der Waals surface area contributed by atoms with E-state index in [2.05, 4.69) is 193 Å². The third kappa shape index (κ3) is 5.40. The summed E-state index contributed by atoms with van der Waals surface area (Å²) in [5.41, 5.74) is 12.4. The van der Waals surface area contributed by atoms with Gasteiger partial charge in [0, 0.05) is 47.9 Å². The van der Waals surface area contributed by atoms with Gasteiger partial charge in [0.25, 0.3) is 0 Å². The monoisotopic (exact) mass is 719 g/mol. The van der Waals surface area contributed by atoms with E-state index in [4.69, 9.17) is 4.42 Å². The smallest absolute Gasteiger partial charge is 0.136 e. The maximum Gasteiger partial charge on any atom is 0.136 e. The zero-order valence-corrected chi connectivity index (χ0v) is 30.6. The first-order valence-electron chi connectivity index (χ1n) is 18.7. The fraction of sp³-hybridized carbons (Fsp3) is 0. The molecule has 0 aliphatic heterocycles. The summed E-state index contributed by atoms with van der Waals surface area (Å²) in [5.74, 6) is 0. The molecule has 0 spiro atoms. The normalized spacial score (nSPS) is 11.6. The minimum Gasteiger partial charge on any atom is -0.456 e. The lowest BCUT2D eigenvalue weighted by Gasteiger charge is -2.28. The molecule has 11 aromatic rings. The van der Waals surface area contributed by atoms with E-state index in [0.29, 0.717) is 0 Å². The number of anilines is 3. The molecule has 0 amide bonds. The summed E-state index contributed by atoms with van der Waals surface area (Å²) in [7, 11) is 0. The van der Waals surface area contributed by atoms with Crippen LogP contribution in [0.3, 0.4) is 0 Å². The third-order valence-corrected chi connectivity index (χ3v) is 12.1. The Balaban J connectivity index is 1.00. The zero-order valence-electron chi connectivity index (χ0n) is 29.8. The van der Waals surface area contributed by atoms with E-state index in [0.717, 1.165) is 39.0 Å². The molecule has 0 radical (unpaired) electrons. The summed E-state index contributed by atoms with van der Waals surface area (Å²) in [5, 5.41) is 7.30. The second-order valence-corrected chi connectivity index (χ2v) is 15.2. The average Bonchev–Trinajstić information content (AvgIpc) is 3.82. The molecule has 2 heterocycles. The lowest BCUT2D eigenvalue weighted by atomic mass is 9.98. The standard InChI is InChI=1S/C52H33NOS/c1-2-11-35(12-3-1)42-13-4-7-18-48(42)53(41-29-25-36(26-30-41)43-16-10-17-46-45-15-6-9-20-51(45)55-52(43)46)40-27-23-34(24-28-40)37-21-22-38-33-50-47(32-39(38)31-37)44-14-5-8-19-49(44)54-50/h1-33H. The van der Waals surface area contributed by atoms with Crippen molar-refractivity contribution in [3.05, 3.63) is 200 Å². The molecule has 0 aliphatic carbocycles. The Bertz CT molecular complexity index is 3190. The Labute approximate surface area is 322 Å². The molecule has 11 rings (SSSR count). The van der Waals surface area contributed by atoms with Crippen molar-refractivity contribution in [1.29, 1.82) is 0 Å². The molecule has 55 heavy (non-hydrogen) atoms. The number of furan rings is 1. The highest BCUT2D eigenvalue weighted by Crippen LogP contribution is 2.44. The minimum absolute atomic E-state index is 0.921. The lowest BCUT2D eigenvalue weighted by Crippen LogP contribution is -2.11. The maximum absolute atomic E-state index is 6.17. The Morgan fingerprint density at radius 2 is 1.00 bits per heavy atom. The first kappa shape index (κ1) is 31.6. The summed E-state index contributed by atoms with van der Waals surface area (Å²) >= 11 is 1.87. The van der Waals surface area contributed by atoms with E-state index in [-0.39, 0.29) is 0 Å². The number of hydrogen-bond donors (Lipinski definition) is 0. The van der Waals surface area contributed by atoms with Gasteiger partial charge >= 0.3 is 0 Å². The van der Waals surface area contributed by atoms with Crippen molar-refractivity contribution in [2.75, 3.05) is 4.90 Å². The molecular formula is C52H33NOS. The largest absolute Gasteiger partial charge is 0.456 e. The minimum atomic E-state index is 0.921. The van der Waals surface area contributed by atoms with Crippen LogP contribution in [-0.4, -0.2) is 0 Å². The lowest BCUT2D eigenvalue weighted by molar-refractivity contribution is 0.669. The molecule has 258 valence electrons.